The Morgan fingerprint density at radius 2 is 1.67 bits per heavy atom. The van der Waals surface area contributed by atoms with E-state index >= 15 is 0 Å². The van der Waals surface area contributed by atoms with Gasteiger partial charge in [-0.25, -0.2) is 9.59 Å². The molecule has 0 bridgehead atoms. The molecule has 2 aromatic carbocycles. The maximum absolute atomic E-state index is 13.7. The Hall–Kier alpha value is -3.72. The number of aliphatic carboxylic acids is 2. The van der Waals surface area contributed by atoms with E-state index in [1.165, 1.54) is 25.3 Å². The van der Waals surface area contributed by atoms with Gasteiger partial charge in [0.2, 0.25) is 5.78 Å². The van der Waals surface area contributed by atoms with E-state index in [-0.39, 0.29) is 61.4 Å². The second kappa shape index (κ2) is 14.0. The van der Waals surface area contributed by atoms with Crippen molar-refractivity contribution in [2.24, 2.45) is 5.92 Å². The van der Waals surface area contributed by atoms with Crippen LogP contribution in [0.3, 0.4) is 0 Å². The van der Waals surface area contributed by atoms with Gasteiger partial charge < -0.3 is 57.5 Å². The number of carboxylic acid groups (broad SMARTS) is 2. The first-order valence-corrected chi connectivity index (χ1v) is 13.6. The molecule has 250 valence electrons. The number of methoxy groups -OCH3 is 1. The number of aliphatic hydroxyl groups is 2. The molecule has 1 heterocycles. The van der Waals surface area contributed by atoms with Gasteiger partial charge in [0.15, 0.2) is 17.9 Å². The molecule has 0 spiro atoms. The average molecular weight is 825 g/mol. The van der Waals surface area contributed by atoms with Crippen LogP contribution in [0.5, 0.6) is 17.2 Å². The molecule has 0 saturated carbocycles. The second-order valence-electron chi connectivity index (χ2n) is 10.9. The summed E-state index contributed by atoms with van der Waals surface area (Å²) in [4.78, 5) is 58.0. The Morgan fingerprint density at radius 1 is 1.07 bits per heavy atom. The van der Waals surface area contributed by atoms with Crippen molar-refractivity contribution in [1.82, 2.24) is 0 Å². The molecule has 16 heteroatoms. The van der Waals surface area contributed by atoms with Crippen molar-refractivity contribution >= 4 is 29.3 Å². The summed E-state index contributed by atoms with van der Waals surface area (Å²) in [6.45, 7) is 4.64. The molecule has 2 aromatic rings. The quantitative estimate of drug-likeness (QED) is 0.121. The van der Waals surface area contributed by atoms with Crippen molar-refractivity contribution in [2.75, 3.05) is 13.7 Å². The molecule has 3 aliphatic rings. The molecule has 7 N–H and O–H groups in total. The summed E-state index contributed by atoms with van der Waals surface area (Å²) in [6.07, 6.45) is -3.59. The summed E-state index contributed by atoms with van der Waals surface area (Å²) in [5, 5.41) is 58.4. The van der Waals surface area contributed by atoms with Gasteiger partial charge in [-0.2, -0.15) is 5.92 Å². The average Bonchev–Trinajstić information content (AvgIpc) is 2.99. The van der Waals surface area contributed by atoms with E-state index in [0.29, 0.717) is 0 Å². The fourth-order valence-electron chi connectivity index (χ4n) is 5.82. The second-order valence-corrected chi connectivity index (χ2v) is 10.9. The number of carbonyl (C=O) groups excluding carboxylic acids is 3. The van der Waals surface area contributed by atoms with Crippen LogP contribution in [0.4, 0.5) is 0 Å². The number of rotatable bonds is 5. The van der Waals surface area contributed by atoms with E-state index in [0.717, 1.165) is 0 Å². The zero-order valence-electron chi connectivity index (χ0n) is 24.4. The van der Waals surface area contributed by atoms with E-state index in [1.54, 1.807) is 6.92 Å². The Morgan fingerprint density at radius 3 is 2.22 bits per heavy atom. The van der Waals surface area contributed by atoms with Crippen molar-refractivity contribution in [3.05, 3.63) is 64.2 Å². The van der Waals surface area contributed by atoms with E-state index in [2.05, 4.69) is 6.92 Å². The number of fused-ring (bicyclic) bond motifs is 3. The summed E-state index contributed by atoms with van der Waals surface area (Å²) in [5.41, 5.74) is 4.68. The number of carboxylic acids is 2. The number of carbonyl (C=O) groups is 5. The largest absolute Gasteiger partial charge is 2.00 e. The van der Waals surface area contributed by atoms with Gasteiger partial charge >= 0.3 is 33.0 Å². The van der Waals surface area contributed by atoms with Gasteiger partial charge in [0, 0.05) is 35.6 Å². The minimum absolute atomic E-state index is 0. The molecule has 1 aliphatic heterocycles. The van der Waals surface area contributed by atoms with Crippen molar-refractivity contribution in [3.63, 3.8) is 0 Å². The molecule has 1 fully saturated rings. The standard InChI is InChI=1S/C28H29NO10.C2H2O4.Pt/c1-11-7-18(38-12(2)23(11)29)39-16-9-28(36,17(31)10-30)8-14-20(16)27(35)22-21(25(14)33)24(32)13-5-4-6-15(37-3)19(13)26(22)34;3-1(4)2(5)6;/h4-6,11-12,16,18,23,29-30,33,35-36H,1,7-10H2,2-3H3;(H,3,4)(H,5,6);/q-2;;+2/t11?,12?,16?,18-,23+,28-;;/m0../s1. The molecular formula is C30H31NO14Pt. The predicted octanol–water partition coefficient (Wildman–Crippen LogP) is 1.34. The molecule has 2 aliphatic carbocycles. The Labute approximate surface area is 276 Å². The van der Waals surface area contributed by atoms with E-state index in [9.17, 15) is 34.8 Å². The molecule has 46 heavy (non-hydrogen) atoms. The van der Waals surface area contributed by atoms with Gasteiger partial charge in [-0.15, -0.1) is 6.04 Å². The summed E-state index contributed by atoms with van der Waals surface area (Å²) in [5.74, 6) is -7.67. The molecule has 5 rings (SSSR count). The van der Waals surface area contributed by atoms with Gasteiger partial charge in [-0.1, -0.05) is 12.1 Å². The summed E-state index contributed by atoms with van der Waals surface area (Å²) >= 11 is 0. The predicted molar refractivity (Wildman–Crippen MR) is 150 cm³/mol. The summed E-state index contributed by atoms with van der Waals surface area (Å²) in [7, 11) is 1.33. The summed E-state index contributed by atoms with van der Waals surface area (Å²) in [6, 6.07) is 3.78. The normalized spacial score (nSPS) is 26.3. The molecule has 1 saturated heterocycles. The molecule has 0 aromatic heterocycles. The maximum atomic E-state index is 13.7. The number of phenolic OH excluding ortho intramolecular Hbond substituents is 2. The number of aliphatic hydroxyl groups excluding tert-OH is 1. The van der Waals surface area contributed by atoms with Crippen LogP contribution in [0.25, 0.3) is 5.73 Å². The van der Waals surface area contributed by atoms with Crippen LogP contribution >= 0.6 is 0 Å². The minimum atomic E-state index is -2.21. The maximum Gasteiger partial charge on any atom is 2.00 e. The monoisotopic (exact) mass is 824 g/mol. The van der Waals surface area contributed by atoms with Gasteiger partial charge in [0.1, 0.15) is 29.5 Å². The number of benzene rings is 2. The first-order valence-electron chi connectivity index (χ1n) is 13.6. The zero-order chi connectivity index (χ0) is 33.5. The van der Waals surface area contributed by atoms with Gasteiger partial charge in [0.05, 0.1) is 29.9 Å². The van der Waals surface area contributed by atoms with Crippen LogP contribution in [-0.2, 0) is 51.3 Å². The van der Waals surface area contributed by atoms with Crippen LogP contribution in [0.15, 0.2) is 18.2 Å². The number of hydrogen-bond donors (Lipinski definition) is 6. The Kier molecular flexibility index (Phi) is 11.1. The van der Waals surface area contributed by atoms with E-state index in [1.807, 2.05) is 0 Å². The molecular weight excluding hydrogens is 793 g/mol. The molecule has 15 nitrogen and oxygen atoms in total. The van der Waals surface area contributed by atoms with Crippen molar-refractivity contribution < 1.29 is 89.9 Å². The third kappa shape index (κ3) is 6.43. The minimum Gasteiger partial charge on any atom is -0.674 e. The third-order valence-electron chi connectivity index (χ3n) is 8.11. The summed E-state index contributed by atoms with van der Waals surface area (Å²) < 4.78 is 17.2. The van der Waals surface area contributed by atoms with Crippen LogP contribution < -0.4 is 4.74 Å². The first kappa shape index (κ1) is 36.7. The van der Waals surface area contributed by atoms with Gasteiger partial charge in [-0.3, -0.25) is 14.4 Å². The fraction of sp³-hybridized carbons (Fsp3) is 0.400. The van der Waals surface area contributed by atoms with E-state index in [4.69, 9.17) is 39.7 Å². The van der Waals surface area contributed by atoms with Gasteiger partial charge in [0.25, 0.3) is 0 Å². The van der Waals surface area contributed by atoms with E-state index < -0.39 is 102 Å². The van der Waals surface area contributed by atoms with Gasteiger partial charge in [-0.05, 0) is 19.4 Å². The zero-order valence-corrected chi connectivity index (χ0v) is 26.7. The number of phenols is 2. The van der Waals surface area contributed by atoms with Crippen molar-refractivity contribution in [2.45, 2.75) is 56.3 Å². The molecule has 6 atom stereocenters. The fourth-order valence-corrected chi connectivity index (χ4v) is 5.82. The molecule has 3 unspecified atom stereocenters. The first-order chi connectivity index (χ1) is 21.1. The Bertz CT molecular complexity index is 1570. The van der Waals surface area contributed by atoms with Crippen molar-refractivity contribution in [1.29, 1.82) is 0 Å². The number of Topliss-reactive ketones (excluding diaryl/α,β-unsaturated/α-hetero) is 1. The van der Waals surface area contributed by atoms with Crippen LogP contribution in [0.1, 0.15) is 68.8 Å². The van der Waals surface area contributed by atoms with Crippen LogP contribution in [0.2, 0.25) is 0 Å². The number of ether oxygens (including phenoxy) is 3. The smallest absolute Gasteiger partial charge is 0.674 e. The molecule has 0 radical (unpaired) electrons. The van der Waals surface area contributed by atoms with Crippen LogP contribution in [0, 0.1) is 12.8 Å². The van der Waals surface area contributed by atoms with Crippen LogP contribution in [-0.4, -0.2) is 97.7 Å². The third-order valence-corrected chi connectivity index (χ3v) is 8.11. The Balaban J connectivity index is 0.000000752. The number of hydrogen-bond acceptors (Lipinski definition) is 12. The number of ketones is 3. The topological polar surface area (TPSA) is 258 Å². The molecule has 0 amide bonds. The van der Waals surface area contributed by atoms with Crippen molar-refractivity contribution in [3.8, 4) is 17.2 Å². The number of nitrogens with one attached hydrogen (secondary N) is 1. The number of aromatic hydroxyl groups is 2. The SMILES string of the molecule is O=C(O)C(=O)O.[CH2-]C1C[C@H](OC2C[C@](O)(C(=O)CO)Cc3c(O)c4c(c(O)c32)C(=O)c2c(OC)cccc2C4=O)OC(C)[C@@H]1[NH-].[Pt+2].